The van der Waals surface area contributed by atoms with Crippen LogP contribution in [0.4, 0.5) is 15.8 Å². The van der Waals surface area contributed by atoms with Gasteiger partial charge in [-0.1, -0.05) is 23.4 Å². The minimum atomic E-state index is -0.321. The number of rotatable bonds is 3. The molecule has 3 aromatic rings. The van der Waals surface area contributed by atoms with Crippen LogP contribution in [0.1, 0.15) is 0 Å². The zero-order valence-corrected chi connectivity index (χ0v) is 14.3. The molecule has 0 aliphatic carbocycles. The smallest absolute Gasteiger partial charge is 0.257 e. The van der Waals surface area contributed by atoms with Crippen molar-refractivity contribution in [3.8, 4) is 11.6 Å². The summed E-state index contributed by atoms with van der Waals surface area (Å²) in [5, 5.41) is 0.189. The summed E-state index contributed by atoms with van der Waals surface area (Å²) in [7, 11) is 0. The second-order valence-corrected chi connectivity index (χ2v) is 6.76. The van der Waals surface area contributed by atoms with Gasteiger partial charge in [0.1, 0.15) is 17.1 Å². The van der Waals surface area contributed by atoms with E-state index in [4.69, 9.17) is 22.1 Å². The third-order valence-corrected chi connectivity index (χ3v) is 4.95. The van der Waals surface area contributed by atoms with Crippen molar-refractivity contribution < 1.29 is 9.13 Å². The summed E-state index contributed by atoms with van der Waals surface area (Å²) in [6.07, 6.45) is 2.99. The highest BCUT2D eigenvalue weighted by molar-refractivity contribution is 8.00. The molecule has 0 radical (unpaired) electrons. The number of hydrogen-bond acceptors (Lipinski definition) is 6. The zero-order chi connectivity index (χ0) is 17.4. The SMILES string of the molecule is NC1Sc2ccc(F)cc2N1c1ccc(Oc2nccnc2Cl)cc1. The number of ether oxygens (including phenoxy) is 1. The predicted molar refractivity (Wildman–Crippen MR) is 95.9 cm³/mol. The minimum absolute atomic E-state index is 0.189. The Hall–Kier alpha value is -2.35. The van der Waals surface area contributed by atoms with Gasteiger partial charge in [0.15, 0.2) is 5.15 Å². The van der Waals surface area contributed by atoms with E-state index >= 15 is 0 Å². The van der Waals surface area contributed by atoms with Crippen LogP contribution in [0.2, 0.25) is 5.15 Å². The van der Waals surface area contributed by atoms with Crippen molar-refractivity contribution in [2.45, 2.75) is 10.4 Å². The lowest BCUT2D eigenvalue weighted by molar-refractivity contribution is 0.460. The molecule has 2 aromatic carbocycles. The predicted octanol–water partition coefficient (Wildman–Crippen LogP) is 4.55. The Bertz CT molecular complexity index is 925. The molecule has 0 saturated heterocycles. The molecule has 1 atom stereocenters. The summed E-state index contributed by atoms with van der Waals surface area (Å²) < 4.78 is 19.2. The monoisotopic (exact) mass is 374 g/mol. The topological polar surface area (TPSA) is 64.3 Å². The van der Waals surface area contributed by atoms with Crippen molar-refractivity contribution in [3.05, 3.63) is 65.8 Å². The van der Waals surface area contributed by atoms with E-state index in [0.29, 0.717) is 5.75 Å². The first kappa shape index (κ1) is 16.1. The van der Waals surface area contributed by atoms with E-state index < -0.39 is 0 Å². The van der Waals surface area contributed by atoms with E-state index in [-0.39, 0.29) is 22.3 Å². The summed E-state index contributed by atoms with van der Waals surface area (Å²) in [4.78, 5) is 10.8. The van der Waals surface area contributed by atoms with Gasteiger partial charge in [-0.3, -0.25) is 0 Å². The van der Waals surface area contributed by atoms with Crippen LogP contribution in [-0.2, 0) is 0 Å². The van der Waals surface area contributed by atoms with Crippen molar-refractivity contribution in [2.24, 2.45) is 5.73 Å². The number of hydrogen-bond donors (Lipinski definition) is 1. The summed E-state index contributed by atoms with van der Waals surface area (Å²) in [6, 6.07) is 11.9. The molecule has 2 N–H and O–H groups in total. The van der Waals surface area contributed by atoms with E-state index in [1.165, 1.54) is 36.3 Å². The molecule has 1 aromatic heterocycles. The lowest BCUT2D eigenvalue weighted by Gasteiger charge is -2.23. The Morgan fingerprint density at radius 2 is 1.88 bits per heavy atom. The highest BCUT2D eigenvalue weighted by atomic mass is 35.5. The van der Waals surface area contributed by atoms with Gasteiger partial charge in [-0.05, 0) is 42.5 Å². The Labute approximate surface area is 152 Å². The number of halogens is 2. The second kappa shape index (κ2) is 6.51. The molecule has 5 nitrogen and oxygen atoms in total. The molecule has 1 aliphatic heterocycles. The van der Waals surface area contributed by atoms with Crippen molar-refractivity contribution in [2.75, 3.05) is 4.90 Å². The van der Waals surface area contributed by atoms with Gasteiger partial charge in [0.05, 0.1) is 5.69 Å². The van der Waals surface area contributed by atoms with Gasteiger partial charge >= 0.3 is 0 Å². The molecule has 1 unspecified atom stereocenters. The van der Waals surface area contributed by atoms with Crippen LogP contribution in [0.15, 0.2) is 59.8 Å². The number of nitrogens with two attached hydrogens (primary N) is 1. The van der Waals surface area contributed by atoms with Crippen LogP contribution in [0, 0.1) is 5.82 Å². The van der Waals surface area contributed by atoms with Gasteiger partial charge in [0, 0.05) is 23.0 Å². The molecule has 1 aliphatic rings. The molecule has 0 saturated carbocycles. The molecular weight excluding hydrogens is 363 g/mol. The Morgan fingerprint density at radius 3 is 2.64 bits per heavy atom. The van der Waals surface area contributed by atoms with Gasteiger partial charge in [-0.25, -0.2) is 14.4 Å². The van der Waals surface area contributed by atoms with E-state index in [2.05, 4.69) is 9.97 Å². The van der Waals surface area contributed by atoms with Crippen LogP contribution in [-0.4, -0.2) is 15.5 Å². The number of aromatic nitrogens is 2. The van der Waals surface area contributed by atoms with Crippen LogP contribution in [0.25, 0.3) is 0 Å². The second-order valence-electron chi connectivity index (χ2n) is 5.24. The molecule has 0 amide bonds. The summed E-state index contributed by atoms with van der Waals surface area (Å²) in [6.45, 7) is 0. The standard InChI is InChI=1S/C17H12ClFN4OS/c18-15-16(22-8-7-21-15)24-12-4-2-11(3-5-12)23-13-9-10(19)1-6-14(13)25-17(23)20/h1-9,17H,20H2. The normalized spacial score (nSPS) is 16.0. The average molecular weight is 375 g/mol. The maximum atomic E-state index is 13.6. The number of thioether (sulfide) groups is 1. The Morgan fingerprint density at radius 1 is 1.12 bits per heavy atom. The highest BCUT2D eigenvalue weighted by Gasteiger charge is 2.29. The molecule has 8 heteroatoms. The molecule has 0 spiro atoms. The lowest BCUT2D eigenvalue weighted by Crippen LogP contribution is -2.31. The third-order valence-electron chi connectivity index (χ3n) is 3.63. The fourth-order valence-electron chi connectivity index (χ4n) is 2.55. The van der Waals surface area contributed by atoms with Gasteiger partial charge < -0.3 is 15.4 Å². The van der Waals surface area contributed by atoms with Crippen LogP contribution >= 0.6 is 23.4 Å². The van der Waals surface area contributed by atoms with Crippen molar-refractivity contribution in [1.82, 2.24) is 9.97 Å². The van der Waals surface area contributed by atoms with Gasteiger partial charge in [0.2, 0.25) is 0 Å². The zero-order valence-electron chi connectivity index (χ0n) is 12.8. The molecular formula is C17H12ClFN4OS. The molecule has 126 valence electrons. The van der Waals surface area contributed by atoms with Crippen molar-refractivity contribution in [3.63, 3.8) is 0 Å². The van der Waals surface area contributed by atoms with Crippen LogP contribution < -0.4 is 15.4 Å². The number of nitrogens with zero attached hydrogens (tertiary/aromatic N) is 3. The fraction of sp³-hybridized carbons (Fsp3) is 0.0588. The van der Waals surface area contributed by atoms with E-state index in [0.717, 1.165) is 16.3 Å². The van der Waals surface area contributed by atoms with Gasteiger partial charge in [-0.2, -0.15) is 0 Å². The molecule has 2 heterocycles. The highest BCUT2D eigenvalue weighted by Crippen LogP contribution is 2.46. The van der Waals surface area contributed by atoms with E-state index in [1.807, 2.05) is 17.0 Å². The quantitative estimate of drug-likeness (QED) is 0.725. The van der Waals surface area contributed by atoms with Gasteiger partial charge in [-0.15, -0.1) is 0 Å². The largest absolute Gasteiger partial charge is 0.436 e. The summed E-state index contributed by atoms with van der Waals surface area (Å²) in [5.41, 5.74) is 7.46. The molecule has 0 bridgehead atoms. The molecule has 25 heavy (non-hydrogen) atoms. The first-order valence-corrected chi connectivity index (χ1v) is 8.63. The van der Waals surface area contributed by atoms with Crippen molar-refractivity contribution in [1.29, 1.82) is 0 Å². The lowest BCUT2D eigenvalue weighted by atomic mass is 10.2. The van der Waals surface area contributed by atoms with E-state index in [1.54, 1.807) is 18.2 Å². The molecule has 4 rings (SSSR count). The Kier molecular flexibility index (Phi) is 4.20. The van der Waals surface area contributed by atoms with Crippen molar-refractivity contribution >= 4 is 34.7 Å². The number of fused-ring (bicyclic) bond motifs is 1. The summed E-state index contributed by atoms with van der Waals surface area (Å²) in [5.74, 6) is 0.500. The number of benzene rings is 2. The number of anilines is 2. The maximum Gasteiger partial charge on any atom is 0.257 e. The van der Waals surface area contributed by atoms with E-state index in [9.17, 15) is 4.39 Å². The Balaban J connectivity index is 1.61. The third kappa shape index (κ3) is 3.13. The molecule has 0 fully saturated rings. The first-order chi connectivity index (χ1) is 12.1. The minimum Gasteiger partial charge on any atom is -0.436 e. The van der Waals surface area contributed by atoms with Gasteiger partial charge in [0.25, 0.3) is 5.88 Å². The van der Waals surface area contributed by atoms with Crippen LogP contribution in [0.5, 0.6) is 11.6 Å². The average Bonchev–Trinajstić information content (AvgIpc) is 2.93. The maximum absolute atomic E-state index is 13.6. The van der Waals surface area contributed by atoms with Crippen LogP contribution in [0.3, 0.4) is 0 Å². The summed E-state index contributed by atoms with van der Waals surface area (Å²) >= 11 is 7.42. The fourth-order valence-corrected chi connectivity index (χ4v) is 3.72. The first-order valence-electron chi connectivity index (χ1n) is 7.37.